The van der Waals surface area contributed by atoms with Crippen LogP contribution in [-0.4, -0.2) is 18.1 Å². The highest BCUT2D eigenvalue weighted by molar-refractivity contribution is 7.88. The second-order valence-corrected chi connectivity index (χ2v) is 6.68. The van der Waals surface area contributed by atoms with Crippen molar-refractivity contribution in [3.63, 3.8) is 0 Å². The Morgan fingerprint density at radius 3 is 2.96 bits per heavy atom. The van der Waals surface area contributed by atoms with Crippen LogP contribution in [0, 0.1) is 4.78 Å². The maximum absolute atomic E-state index is 12.8. The zero-order valence-corrected chi connectivity index (χ0v) is 14.5. The molecule has 130 valence electrons. The molecule has 2 atom stereocenters. The number of alkyl halides is 2. The van der Waals surface area contributed by atoms with E-state index in [0.29, 0.717) is 5.56 Å². The van der Waals surface area contributed by atoms with Gasteiger partial charge in [-0.05, 0) is 46.6 Å². The summed E-state index contributed by atoms with van der Waals surface area (Å²) in [7, 11) is 0.888. The summed E-state index contributed by atoms with van der Waals surface area (Å²) in [5, 5.41) is 2.97. The molecular formula is C17H22F2N4S. The fraction of sp³-hybridized carbons (Fsp3) is 0.353. The normalized spacial score (nSPS) is 24.5. The van der Waals surface area contributed by atoms with E-state index in [1.807, 2.05) is 18.2 Å². The molecule has 2 unspecified atom stereocenters. The second-order valence-electron chi connectivity index (χ2n) is 5.39. The third kappa shape index (κ3) is 4.82. The van der Waals surface area contributed by atoms with Gasteiger partial charge in [-0.1, -0.05) is 25.5 Å². The monoisotopic (exact) mass is 352 g/mol. The standard InChI is InChI=1S/C17H22F2N4S/c1-3-4-14-6-5-13(16(11-21-2)24(20)23-14)9-12-7-8-22-15(10-12)17(18)19/h5-11,14,17,21H,3-4H2,1-2H3,(H2,20,23)/b13-9+,16-11+. The summed E-state index contributed by atoms with van der Waals surface area (Å²) in [5.74, 6) is 0. The van der Waals surface area contributed by atoms with Crippen LogP contribution in [-0.2, 0) is 10.9 Å². The number of nitrogens with one attached hydrogen (secondary N) is 3. The van der Waals surface area contributed by atoms with Gasteiger partial charge in [-0.25, -0.2) is 13.5 Å². The molecule has 1 aliphatic heterocycles. The number of rotatable bonds is 5. The molecule has 0 spiro atoms. The van der Waals surface area contributed by atoms with E-state index in [1.165, 1.54) is 12.3 Å². The molecule has 1 aromatic heterocycles. The molecule has 0 aliphatic carbocycles. The van der Waals surface area contributed by atoms with Crippen molar-refractivity contribution in [2.45, 2.75) is 32.2 Å². The van der Waals surface area contributed by atoms with Gasteiger partial charge in [0.1, 0.15) is 5.69 Å². The molecule has 0 saturated heterocycles. The van der Waals surface area contributed by atoms with Gasteiger partial charge in [-0.3, -0.25) is 9.76 Å². The Bertz CT molecular complexity index is 683. The van der Waals surface area contributed by atoms with Gasteiger partial charge in [0.15, 0.2) is 0 Å². The Kier molecular flexibility index (Phi) is 6.81. The first kappa shape index (κ1) is 18.5. The van der Waals surface area contributed by atoms with Crippen molar-refractivity contribution in [3.8, 4) is 0 Å². The summed E-state index contributed by atoms with van der Waals surface area (Å²) in [5.41, 5.74) is 1.24. The third-order valence-electron chi connectivity index (χ3n) is 3.51. The maximum atomic E-state index is 12.8. The molecule has 1 aliphatic rings. The molecule has 0 saturated carbocycles. The first-order chi connectivity index (χ1) is 11.5. The van der Waals surface area contributed by atoms with Crippen molar-refractivity contribution >= 4 is 17.0 Å². The fourth-order valence-electron chi connectivity index (χ4n) is 2.39. The van der Waals surface area contributed by atoms with Crippen LogP contribution in [0.4, 0.5) is 8.78 Å². The lowest BCUT2D eigenvalue weighted by atomic mass is 10.1. The van der Waals surface area contributed by atoms with Crippen molar-refractivity contribution < 1.29 is 8.78 Å². The number of pyridine rings is 1. The van der Waals surface area contributed by atoms with E-state index in [4.69, 9.17) is 4.78 Å². The molecule has 0 bridgehead atoms. The number of hydrogen-bond donors (Lipinski definition) is 3. The molecule has 0 aromatic carbocycles. The predicted molar refractivity (Wildman–Crippen MR) is 95.4 cm³/mol. The fourth-order valence-corrected chi connectivity index (χ4v) is 3.61. The van der Waals surface area contributed by atoms with E-state index in [0.717, 1.165) is 23.3 Å². The molecule has 0 amide bonds. The zero-order valence-electron chi connectivity index (χ0n) is 13.7. The first-order valence-electron chi connectivity index (χ1n) is 7.78. The van der Waals surface area contributed by atoms with Crippen LogP contribution in [0.1, 0.15) is 37.4 Å². The number of nitrogens with zero attached hydrogens (tertiary/aromatic N) is 1. The SMILES string of the molecule is CCCC1C=CC(=C\c2ccnc(C(F)F)c2)/C(=C\NC)S(=N)N1. The summed E-state index contributed by atoms with van der Waals surface area (Å²) in [6.07, 6.45) is 8.35. The molecule has 2 rings (SSSR count). The van der Waals surface area contributed by atoms with Gasteiger partial charge in [0, 0.05) is 25.5 Å². The van der Waals surface area contributed by atoms with Gasteiger partial charge in [0.2, 0.25) is 0 Å². The van der Waals surface area contributed by atoms with Gasteiger partial charge >= 0.3 is 0 Å². The lowest BCUT2D eigenvalue weighted by molar-refractivity contribution is 0.146. The summed E-state index contributed by atoms with van der Waals surface area (Å²) in [4.78, 5) is 4.48. The molecule has 2 heterocycles. The van der Waals surface area contributed by atoms with Crippen molar-refractivity contribution in [1.82, 2.24) is 15.0 Å². The molecule has 0 fully saturated rings. The van der Waals surface area contributed by atoms with Crippen LogP contribution < -0.4 is 10.0 Å². The summed E-state index contributed by atoms with van der Waals surface area (Å²) < 4.78 is 37.3. The smallest absolute Gasteiger partial charge is 0.280 e. The zero-order chi connectivity index (χ0) is 17.5. The highest BCUT2D eigenvalue weighted by Gasteiger charge is 2.16. The number of aromatic nitrogens is 1. The lowest BCUT2D eigenvalue weighted by Crippen LogP contribution is -2.28. The lowest BCUT2D eigenvalue weighted by Gasteiger charge is -2.14. The van der Waals surface area contributed by atoms with Crippen LogP contribution in [0.3, 0.4) is 0 Å². The summed E-state index contributed by atoms with van der Waals surface area (Å²) >= 11 is 0. The molecule has 24 heavy (non-hydrogen) atoms. The van der Waals surface area contributed by atoms with Gasteiger partial charge in [-0.15, -0.1) is 0 Å². The molecular weight excluding hydrogens is 330 g/mol. The number of halogens is 2. The Labute approximate surface area is 143 Å². The Balaban J connectivity index is 2.42. The van der Waals surface area contributed by atoms with Crippen LogP contribution >= 0.6 is 0 Å². The topological polar surface area (TPSA) is 60.8 Å². The second kappa shape index (κ2) is 8.84. The highest BCUT2D eigenvalue weighted by atomic mass is 32.2. The minimum atomic E-state index is -2.60. The van der Waals surface area contributed by atoms with E-state index < -0.39 is 17.3 Å². The minimum absolute atomic E-state index is 0.135. The van der Waals surface area contributed by atoms with Crippen molar-refractivity contribution in [1.29, 1.82) is 4.78 Å². The quantitative estimate of drug-likeness (QED) is 0.748. The van der Waals surface area contributed by atoms with Crippen LogP contribution in [0.2, 0.25) is 0 Å². The van der Waals surface area contributed by atoms with E-state index in [2.05, 4.69) is 21.9 Å². The molecule has 3 N–H and O–H groups in total. The summed E-state index contributed by atoms with van der Waals surface area (Å²) in [6, 6.07) is 3.20. The maximum Gasteiger partial charge on any atom is 0.280 e. The van der Waals surface area contributed by atoms with Gasteiger partial charge in [0.05, 0.1) is 4.91 Å². The Morgan fingerprint density at radius 1 is 1.50 bits per heavy atom. The Hall–Kier alpha value is -1.86. The van der Waals surface area contributed by atoms with E-state index in [-0.39, 0.29) is 11.7 Å². The summed E-state index contributed by atoms with van der Waals surface area (Å²) in [6.45, 7) is 2.10. The largest absolute Gasteiger partial charge is 0.393 e. The molecule has 0 radical (unpaired) electrons. The van der Waals surface area contributed by atoms with E-state index in [9.17, 15) is 8.78 Å². The molecule has 7 heteroatoms. The molecule has 1 aromatic rings. The average molecular weight is 352 g/mol. The number of allylic oxidation sites excluding steroid dienone is 2. The number of hydrogen-bond acceptors (Lipinski definition) is 3. The van der Waals surface area contributed by atoms with Gasteiger partial charge < -0.3 is 5.32 Å². The minimum Gasteiger partial charge on any atom is -0.393 e. The van der Waals surface area contributed by atoms with Crippen LogP contribution in [0.5, 0.6) is 0 Å². The van der Waals surface area contributed by atoms with Crippen LogP contribution in [0.25, 0.3) is 6.08 Å². The van der Waals surface area contributed by atoms with Gasteiger partial charge in [0.25, 0.3) is 6.43 Å². The predicted octanol–water partition coefficient (Wildman–Crippen LogP) is 4.09. The first-order valence-corrected chi connectivity index (χ1v) is 9.01. The van der Waals surface area contributed by atoms with E-state index >= 15 is 0 Å². The molecule has 4 nitrogen and oxygen atoms in total. The highest BCUT2D eigenvalue weighted by Crippen LogP contribution is 2.24. The third-order valence-corrected chi connectivity index (χ3v) is 4.84. The van der Waals surface area contributed by atoms with Crippen molar-refractivity contribution in [2.24, 2.45) is 0 Å². The van der Waals surface area contributed by atoms with Crippen molar-refractivity contribution in [2.75, 3.05) is 7.05 Å². The van der Waals surface area contributed by atoms with Gasteiger partial charge in [-0.2, -0.15) is 0 Å². The van der Waals surface area contributed by atoms with Crippen molar-refractivity contribution in [3.05, 3.63) is 58.4 Å². The van der Waals surface area contributed by atoms with Crippen LogP contribution in [0.15, 0.2) is 47.2 Å². The Morgan fingerprint density at radius 2 is 2.29 bits per heavy atom. The average Bonchev–Trinajstić information content (AvgIpc) is 2.69. The van der Waals surface area contributed by atoms with E-state index in [1.54, 1.807) is 19.3 Å².